The van der Waals surface area contributed by atoms with Crippen molar-refractivity contribution >= 4 is 29.2 Å². The zero-order chi connectivity index (χ0) is 21.1. The van der Waals surface area contributed by atoms with Crippen molar-refractivity contribution in [2.45, 2.75) is 63.3 Å². The molecule has 2 heterocycles. The van der Waals surface area contributed by atoms with E-state index in [1.165, 1.54) is 18.6 Å². The summed E-state index contributed by atoms with van der Waals surface area (Å²) in [5, 5.41) is 5.63. The number of imide groups is 1. The van der Waals surface area contributed by atoms with E-state index in [9.17, 15) is 18.8 Å². The maximum atomic E-state index is 13.8. The largest absolute Gasteiger partial charge is 0.370 e. The first-order valence-corrected chi connectivity index (χ1v) is 11.0. The van der Waals surface area contributed by atoms with Gasteiger partial charge in [-0.3, -0.25) is 14.5 Å². The fourth-order valence-corrected chi connectivity index (χ4v) is 4.82. The highest BCUT2D eigenvalue weighted by Gasteiger charge is 2.51. The third kappa shape index (κ3) is 4.13. The number of carbonyl (C=O) groups excluding carboxylic acids is 3. The van der Waals surface area contributed by atoms with Gasteiger partial charge in [-0.1, -0.05) is 19.3 Å². The van der Waals surface area contributed by atoms with Gasteiger partial charge in [0.15, 0.2) is 0 Å². The number of urea groups is 1. The van der Waals surface area contributed by atoms with Crippen LogP contribution in [0.3, 0.4) is 0 Å². The Hall–Kier alpha value is -2.64. The number of anilines is 2. The number of benzene rings is 1. The molecule has 3 aliphatic rings. The van der Waals surface area contributed by atoms with E-state index >= 15 is 0 Å². The zero-order valence-electron chi connectivity index (χ0n) is 17.2. The van der Waals surface area contributed by atoms with E-state index in [1.807, 2.05) is 0 Å². The van der Waals surface area contributed by atoms with E-state index in [4.69, 9.17) is 0 Å². The number of nitrogens with zero attached hydrogens (tertiary/aromatic N) is 2. The Morgan fingerprint density at radius 2 is 1.77 bits per heavy atom. The van der Waals surface area contributed by atoms with Crippen molar-refractivity contribution in [3.63, 3.8) is 0 Å². The van der Waals surface area contributed by atoms with Crippen LogP contribution >= 0.6 is 0 Å². The summed E-state index contributed by atoms with van der Waals surface area (Å²) in [6.07, 6.45) is 7.50. The Labute approximate surface area is 176 Å². The molecule has 2 aliphatic heterocycles. The molecule has 1 saturated carbocycles. The van der Waals surface area contributed by atoms with Crippen LogP contribution in [0.25, 0.3) is 0 Å². The minimum Gasteiger partial charge on any atom is -0.370 e. The highest BCUT2D eigenvalue weighted by Crippen LogP contribution is 2.34. The Bertz CT molecular complexity index is 832. The van der Waals surface area contributed by atoms with Crippen molar-refractivity contribution in [3.05, 3.63) is 24.0 Å². The lowest BCUT2D eigenvalue weighted by atomic mass is 9.82. The zero-order valence-corrected chi connectivity index (χ0v) is 17.2. The summed E-state index contributed by atoms with van der Waals surface area (Å²) in [4.78, 5) is 41.0. The summed E-state index contributed by atoms with van der Waals surface area (Å²) in [7, 11) is 0. The average molecular weight is 416 g/mol. The monoisotopic (exact) mass is 416 g/mol. The van der Waals surface area contributed by atoms with E-state index < -0.39 is 17.4 Å². The van der Waals surface area contributed by atoms with E-state index in [0.29, 0.717) is 18.5 Å². The summed E-state index contributed by atoms with van der Waals surface area (Å²) in [6.45, 7) is 1.77. The Morgan fingerprint density at radius 3 is 2.50 bits per heavy atom. The van der Waals surface area contributed by atoms with Crippen LogP contribution in [0.15, 0.2) is 18.2 Å². The van der Waals surface area contributed by atoms with Gasteiger partial charge in [0.1, 0.15) is 11.4 Å². The summed E-state index contributed by atoms with van der Waals surface area (Å²) < 4.78 is 13.8. The highest BCUT2D eigenvalue weighted by molar-refractivity contribution is 6.07. The molecule has 2 saturated heterocycles. The van der Waals surface area contributed by atoms with Gasteiger partial charge in [-0.25, -0.2) is 9.18 Å². The van der Waals surface area contributed by atoms with Crippen molar-refractivity contribution in [2.75, 3.05) is 29.9 Å². The molecule has 0 atom stereocenters. The number of hydrogen-bond acceptors (Lipinski definition) is 4. The first kappa shape index (κ1) is 20.6. The molecule has 7 nitrogen and oxygen atoms in total. The Kier molecular flexibility index (Phi) is 5.92. The van der Waals surface area contributed by atoms with Gasteiger partial charge in [0.05, 0.1) is 11.4 Å². The first-order chi connectivity index (χ1) is 14.5. The minimum absolute atomic E-state index is 0.0204. The molecule has 1 spiro atoms. The van der Waals surface area contributed by atoms with Gasteiger partial charge in [-0.2, -0.15) is 0 Å². The molecule has 0 radical (unpaired) electrons. The number of carbonyl (C=O) groups is 3. The molecule has 2 N–H and O–H groups in total. The lowest BCUT2D eigenvalue weighted by Gasteiger charge is -2.30. The maximum Gasteiger partial charge on any atom is 0.325 e. The number of amides is 4. The van der Waals surface area contributed by atoms with Crippen LogP contribution in [0.5, 0.6) is 0 Å². The van der Waals surface area contributed by atoms with Crippen LogP contribution in [-0.4, -0.2) is 47.9 Å². The quantitative estimate of drug-likeness (QED) is 0.721. The number of rotatable bonds is 5. The van der Waals surface area contributed by atoms with Gasteiger partial charge in [-0.05, 0) is 50.3 Å². The predicted molar refractivity (Wildman–Crippen MR) is 112 cm³/mol. The second-order valence-corrected chi connectivity index (χ2v) is 8.54. The molecular formula is C22H29FN4O3. The first-order valence-electron chi connectivity index (χ1n) is 11.0. The molecule has 1 aromatic carbocycles. The molecule has 1 aliphatic carbocycles. The fraction of sp³-hybridized carbons (Fsp3) is 0.591. The lowest BCUT2D eigenvalue weighted by Crippen LogP contribution is -2.48. The number of piperidine rings is 1. The third-order valence-corrected chi connectivity index (χ3v) is 6.44. The van der Waals surface area contributed by atoms with Crippen LogP contribution in [0.4, 0.5) is 20.6 Å². The van der Waals surface area contributed by atoms with Crippen LogP contribution in [-0.2, 0) is 9.59 Å². The van der Waals surface area contributed by atoms with Crippen molar-refractivity contribution in [3.8, 4) is 0 Å². The van der Waals surface area contributed by atoms with E-state index in [1.54, 1.807) is 6.07 Å². The van der Waals surface area contributed by atoms with Gasteiger partial charge in [0.25, 0.3) is 5.91 Å². The molecule has 3 fully saturated rings. The Balaban J connectivity index is 1.39. The standard InChI is InChI=1S/C22H29FN4O3/c23-16-7-8-18(26-12-5-2-6-13-26)17(15-16)24-19(28)9-14-27-20(29)22(25-21(27)30)10-3-1-4-11-22/h7-8,15H,1-6,9-14H2,(H,24,28)(H,25,30). The van der Waals surface area contributed by atoms with Crippen molar-refractivity contribution in [1.82, 2.24) is 10.2 Å². The number of nitrogens with one attached hydrogen (secondary N) is 2. The van der Waals surface area contributed by atoms with Crippen molar-refractivity contribution < 1.29 is 18.8 Å². The smallest absolute Gasteiger partial charge is 0.325 e. The molecule has 0 aromatic heterocycles. The maximum absolute atomic E-state index is 13.8. The topological polar surface area (TPSA) is 81.8 Å². The van der Waals surface area contributed by atoms with Gasteiger partial charge in [-0.15, -0.1) is 0 Å². The van der Waals surface area contributed by atoms with Crippen molar-refractivity contribution in [2.24, 2.45) is 0 Å². The van der Waals surface area contributed by atoms with E-state index in [0.717, 1.165) is 55.8 Å². The second kappa shape index (κ2) is 8.62. The number of hydrogen-bond donors (Lipinski definition) is 2. The van der Waals surface area contributed by atoms with Crippen LogP contribution < -0.4 is 15.5 Å². The molecular weight excluding hydrogens is 387 g/mol. The summed E-state index contributed by atoms with van der Waals surface area (Å²) >= 11 is 0. The highest BCUT2D eigenvalue weighted by atomic mass is 19.1. The summed E-state index contributed by atoms with van der Waals surface area (Å²) in [6, 6.07) is 4.00. The summed E-state index contributed by atoms with van der Waals surface area (Å²) in [5.41, 5.74) is 0.457. The molecule has 0 bridgehead atoms. The predicted octanol–water partition coefficient (Wildman–Crippen LogP) is 3.40. The van der Waals surface area contributed by atoms with Crippen LogP contribution in [0.1, 0.15) is 57.8 Å². The van der Waals surface area contributed by atoms with Gasteiger partial charge >= 0.3 is 6.03 Å². The fourth-order valence-electron chi connectivity index (χ4n) is 4.82. The molecule has 8 heteroatoms. The van der Waals surface area contributed by atoms with E-state index in [-0.39, 0.29) is 24.8 Å². The molecule has 1 aromatic rings. The molecule has 4 rings (SSSR count). The normalized spacial score (nSPS) is 21.1. The van der Waals surface area contributed by atoms with Gasteiger partial charge < -0.3 is 15.5 Å². The van der Waals surface area contributed by atoms with Gasteiger partial charge in [0, 0.05) is 26.1 Å². The molecule has 4 amide bonds. The minimum atomic E-state index is -0.782. The molecule has 0 unspecified atom stereocenters. The molecule has 162 valence electrons. The second-order valence-electron chi connectivity index (χ2n) is 8.54. The molecule has 30 heavy (non-hydrogen) atoms. The van der Waals surface area contributed by atoms with Crippen LogP contribution in [0.2, 0.25) is 0 Å². The Morgan fingerprint density at radius 1 is 1.07 bits per heavy atom. The lowest BCUT2D eigenvalue weighted by molar-refractivity contribution is -0.132. The van der Waals surface area contributed by atoms with E-state index in [2.05, 4.69) is 15.5 Å². The van der Waals surface area contributed by atoms with Crippen molar-refractivity contribution in [1.29, 1.82) is 0 Å². The summed E-state index contributed by atoms with van der Waals surface area (Å²) in [5.74, 6) is -0.983. The SMILES string of the molecule is O=C(CCN1C(=O)NC2(CCCCC2)C1=O)Nc1cc(F)ccc1N1CCCCC1. The average Bonchev–Trinajstić information content (AvgIpc) is 2.96. The van der Waals surface area contributed by atoms with Gasteiger partial charge in [0.2, 0.25) is 5.91 Å². The third-order valence-electron chi connectivity index (χ3n) is 6.44. The number of halogens is 1. The van der Waals surface area contributed by atoms with Crippen LogP contribution in [0, 0.1) is 5.82 Å².